The molecule has 0 aliphatic rings. The van der Waals surface area contributed by atoms with Crippen LogP contribution in [-0.4, -0.2) is 7.11 Å². The maximum absolute atomic E-state index is 5.40. The van der Waals surface area contributed by atoms with Crippen LogP contribution in [0.5, 0.6) is 5.75 Å². The summed E-state index contributed by atoms with van der Waals surface area (Å²) >= 11 is 7.04. The molecule has 0 aromatic heterocycles. The zero-order chi connectivity index (χ0) is 12.4. The minimum atomic E-state index is 0.861. The summed E-state index contributed by atoms with van der Waals surface area (Å²) in [5.41, 5.74) is 3.27. The molecule has 0 spiro atoms. The molecule has 0 N–H and O–H groups in total. The van der Waals surface area contributed by atoms with Crippen LogP contribution in [-0.2, 0) is 0 Å². The Bertz CT molecular complexity index is 550. The summed E-state index contributed by atoms with van der Waals surface area (Å²) in [5, 5.41) is 0. The molecule has 1 radical (unpaired) electrons. The van der Waals surface area contributed by atoms with Crippen molar-refractivity contribution < 1.29 is 4.74 Å². The average Bonchev–Trinajstić information content (AvgIpc) is 2.32. The predicted molar refractivity (Wildman–Crippen MR) is 77.4 cm³/mol. The second kappa shape index (κ2) is 5.23. The van der Waals surface area contributed by atoms with Gasteiger partial charge in [0.05, 0.1) is 7.11 Å². The second-order valence-corrected chi connectivity index (χ2v) is 5.49. The highest BCUT2D eigenvalue weighted by Gasteiger charge is 2.10. The highest BCUT2D eigenvalue weighted by atomic mass is 79.9. The molecular weight excluding hydrogens is 344 g/mol. The summed E-state index contributed by atoms with van der Waals surface area (Å²) in [5.74, 6) is 0.861. The van der Waals surface area contributed by atoms with Gasteiger partial charge in [0, 0.05) is 14.5 Å². The smallest absolute Gasteiger partial charge is 0.126 e. The van der Waals surface area contributed by atoms with Crippen LogP contribution in [0.1, 0.15) is 5.56 Å². The Morgan fingerprint density at radius 1 is 1.12 bits per heavy atom. The Balaban J connectivity index is 2.66. The summed E-state index contributed by atoms with van der Waals surface area (Å²) < 4.78 is 7.44. The van der Waals surface area contributed by atoms with Crippen LogP contribution in [0.25, 0.3) is 11.1 Å². The molecule has 0 heterocycles. The van der Waals surface area contributed by atoms with Crippen molar-refractivity contribution in [3.8, 4) is 16.9 Å². The van der Waals surface area contributed by atoms with E-state index in [-0.39, 0.29) is 0 Å². The van der Waals surface area contributed by atoms with Gasteiger partial charge in [0.2, 0.25) is 0 Å². The lowest BCUT2D eigenvalue weighted by molar-refractivity contribution is 0.416. The number of rotatable bonds is 2. The minimum absolute atomic E-state index is 0.861. The third kappa shape index (κ3) is 2.72. The fraction of sp³-hybridized carbons (Fsp3) is 0.143. The van der Waals surface area contributed by atoms with E-state index in [0.717, 1.165) is 31.4 Å². The summed E-state index contributed by atoms with van der Waals surface area (Å²) in [6.07, 6.45) is 0. The summed E-state index contributed by atoms with van der Waals surface area (Å²) in [6, 6.07) is 13.2. The topological polar surface area (TPSA) is 9.23 Å². The van der Waals surface area contributed by atoms with E-state index < -0.39 is 0 Å². The van der Waals surface area contributed by atoms with Gasteiger partial charge in [-0.1, -0.05) is 31.9 Å². The van der Waals surface area contributed by atoms with Gasteiger partial charge in [-0.15, -0.1) is 0 Å². The van der Waals surface area contributed by atoms with Crippen LogP contribution in [0.3, 0.4) is 0 Å². The first-order valence-electron chi connectivity index (χ1n) is 5.13. The van der Waals surface area contributed by atoms with Crippen molar-refractivity contribution in [2.24, 2.45) is 0 Å². The molecule has 0 saturated heterocycles. The lowest BCUT2D eigenvalue weighted by Gasteiger charge is -2.11. The van der Waals surface area contributed by atoms with Crippen molar-refractivity contribution in [2.75, 3.05) is 7.11 Å². The van der Waals surface area contributed by atoms with E-state index in [0.29, 0.717) is 0 Å². The van der Waals surface area contributed by atoms with E-state index in [1.165, 1.54) is 0 Å². The molecule has 1 nitrogen and oxygen atoms in total. The van der Waals surface area contributed by atoms with Crippen molar-refractivity contribution in [1.82, 2.24) is 0 Å². The molecule has 2 aromatic carbocycles. The molecule has 87 valence electrons. The number of benzene rings is 2. The molecule has 0 amide bonds. The first-order chi connectivity index (χ1) is 8.11. The largest absolute Gasteiger partial charge is 0.496 e. The molecule has 3 heteroatoms. The number of aryl methyl sites for hydroxylation is 1. The minimum Gasteiger partial charge on any atom is -0.496 e. The Labute approximate surface area is 118 Å². The Morgan fingerprint density at radius 2 is 1.88 bits per heavy atom. The van der Waals surface area contributed by atoms with Gasteiger partial charge in [-0.3, -0.25) is 0 Å². The third-order valence-corrected chi connectivity index (χ3v) is 3.65. The highest BCUT2D eigenvalue weighted by molar-refractivity contribution is 9.10. The summed E-state index contributed by atoms with van der Waals surface area (Å²) in [6.45, 7) is 2.03. The standard InChI is InChI=1S/C14H11Br2O/c1-9-3-5-13(16)11(7-9)12-8-10(15)4-6-14(12)17-2/h4-8H,1-2H3. The number of hydrogen-bond donors (Lipinski definition) is 0. The predicted octanol–water partition coefficient (Wildman–Crippen LogP) is 5.00. The number of methoxy groups -OCH3 is 1. The van der Waals surface area contributed by atoms with Gasteiger partial charge < -0.3 is 4.74 Å². The van der Waals surface area contributed by atoms with Crippen molar-refractivity contribution in [3.05, 3.63) is 50.9 Å². The van der Waals surface area contributed by atoms with Gasteiger partial charge in [0.1, 0.15) is 5.75 Å². The van der Waals surface area contributed by atoms with Crippen LogP contribution >= 0.6 is 31.9 Å². The lowest BCUT2D eigenvalue weighted by Crippen LogP contribution is -1.89. The van der Waals surface area contributed by atoms with E-state index in [9.17, 15) is 0 Å². The molecule has 17 heavy (non-hydrogen) atoms. The molecule has 0 saturated carbocycles. The molecule has 0 fully saturated rings. The van der Waals surface area contributed by atoms with Gasteiger partial charge in [-0.2, -0.15) is 0 Å². The van der Waals surface area contributed by atoms with Gasteiger partial charge in [0.15, 0.2) is 0 Å². The van der Waals surface area contributed by atoms with E-state index in [4.69, 9.17) is 4.74 Å². The van der Waals surface area contributed by atoms with Gasteiger partial charge >= 0.3 is 0 Å². The zero-order valence-electron chi connectivity index (χ0n) is 9.55. The quantitative estimate of drug-likeness (QED) is 0.737. The average molecular weight is 355 g/mol. The number of halogens is 2. The Morgan fingerprint density at radius 3 is 2.59 bits per heavy atom. The SMILES string of the molecule is COc1ccc(Br)cc1-c1cc(C)[c]cc1Br. The second-order valence-electron chi connectivity index (χ2n) is 3.72. The molecule has 0 aliphatic carbocycles. The fourth-order valence-electron chi connectivity index (χ4n) is 1.68. The molecule has 0 aliphatic heterocycles. The first-order valence-corrected chi connectivity index (χ1v) is 6.72. The van der Waals surface area contributed by atoms with Crippen LogP contribution in [0, 0.1) is 13.0 Å². The molecule has 0 bridgehead atoms. The Kier molecular flexibility index (Phi) is 3.89. The monoisotopic (exact) mass is 353 g/mol. The molecule has 0 unspecified atom stereocenters. The maximum Gasteiger partial charge on any atom is 0.126 e. The maximum atomic E-state index is 5.40. The van der Waals surface area contributed by atoms with Crippen molar-refractivity contribution in [1.29, 1.82) is 0 Å². The molecular formula is C14H11Br2O. The van der Waals surface area contributed by atoms with Crippen LogP contribution < -0.4 is 4.74 Å². The summed E-state index contributed by atoms with van der Waals surface area (Å²) in [4.78, 5) is 0. The third-order valence-electron chi connectivity index (χ3n) is 2.50. The van der Waals surface area contributed by atoms with Crippen molar-refractivity contribution in [2.45, 2.75) is 6.92 Å². The number of hydrogen-bond acceptors (Lipinski definition) is 1. The molecule has 2 rings (SSSR count). The van der Waals surface area contributed by atoms with Crippen LogP contribution in [0.4, 0.5) is 0 Å². The number of ether oxygens (including phenoxy) is 1. The first kappa shape index (κ1) is 12.7. The van der Waals surface area contributed by atoms with E-state index in [2.05, 4.69) is 50.1 Å². The van der Waals surface area contributed by atoms with Gasteiger partial charge in [-0.25, -0.2) is 0 Å². The van der Waals surface area contributed by atoms with Crippen molar-refractivity contribution >= 4 is 31.9 Å². The Hall–Kier alpha value is -0.800. The fourth-order valence-corrected chi connectivity index (χ4v) is 2.48. The normalized spacial score (nSPS) is 10.4. The molecule has 2 aromatic rings. The zero-order valence-corrected chi connectivity index (χ0v) is 12.7. The van der Waals surface area contributed by atoms with E-state index in [1.54, 1.807) is 7.11 Å². The van der Waals surface area contributed by atoms with Crippen LogP contribution in [0.2, 0.25) is 0 Å². The highest BCUT2D eigenvalue weighted by Crippen LogP contribution is 2.37. The lowest BCUT2D eigenvalue weighted by atomic mass is 10.0. The van der Waals surface area contributed by atoms with Crippen molar-refractivity contribution in [3.63, 3.8) is 0 Å². The van der Waals surface area contributed by atoms with Gasteiger partial charge in [-0.05, 0) is 54.4 Å². The summed E-state index contributed by atoms with van der Waals surface area (Å²) in [7, 11) is 1.68. The van der Waals surface area contributed by atoms with Crippen LogP contribution in [0.15, 0.2) is 39.3 Å². The molecule has 0 atom stereocenters. The van der Waals surface area contributed by atoms with Gasteiger partial charge in [0.25, 0.3) is 0 Å². The van der Waals surface area contributed by atoms with E-state index >= 15 is 0 Å². The van der Waals surface area contributed by atoms with E-state index in [1.807, 2.05) is 25.1 Å².